The second kappa shape index (κ2) is 7.18. The molecular formula is C16H26N4O. The van der Waals surface area contributed by atoms with E-state index in [0.29, 0.717) is 6.04 Å². The van der Waals surface area contributed by atoms with Crippen LogP contribution in [0, 0.1) is 5.92 Å². The third-order valence-electron chi connectivity index (χ3n) is 4.66. The summed E-state index contributed by atoms with van der Waals surface area (Å²) in [6.07, 6.45) is 6.68. The van der Waals surface area contributed by atoms with Gasteiger partial charge in [0.15, 0.2) is 5.82 Å². The van der Waals surface area contributed by atoms with Gasteiger partial charge < -0.3 is 14.5 Å². The standard InChI is InChI=1S/C16H26N4O/c1-19(12-14-6-10-21-11-7-14)13-15-4-3-9-20(15)16-5-2-8-17-18-16/h2,5,8,14-15H,3-4,6-7,9-13H2,1H3. The van der Waals surface area contributed by atoms with Crippen LogP contribution < -0.4 is 4.90 Å². The molecule has 0 spiro atoms. The second-order valence-electron chi connectivity index (χ2n) is 6.35. The first-order chi connectivity index (χ1) is 10.3. The Morgan fingerprint density at radius 1 is 1.29 bits per heavy atom. The molecular weight excluding hydrogens is 264 g/mol. The van der Waals surface area contributed by atoms with Crippen molar-refractivity contribution in [2.24, 2.45) is 5.92 Å². The van der Waals surface area contributed by atoms with E-state index in [1.165, 1.54) is 32.2 Å². The van der Waals surface area contributed by atoms with Crippen molar-refractivity contribution >= 4 is 5.82 Å². The van der Waals surface area contributed by atoms with Crippen LogP contribution in [0.4, 0.5) is 5.82 Å². The minimum atomic E-state index is 0.576. The maximum absolute atomic E-state index is 5.45. The Hall–Kier alpha value is -1.20. The fourth-order valence-electron chi connectivity index (χ4n) is 3.58. The van der Waals surface area contributed by atoms with Crippen LogP contribution in [0.1, 0.15) is 25.7 Å². The van der Waals surface area contributed by atoms with Gasteiger partial charge in [0, 0.05) is 45.1 Å². The summed E-state index contributed by atoms with van der Waals surface area (Å²) in [5.74, 6) is 1.83. The van der Waals surface area contributed by atoms with E-state index in [9.17, 15) is 0 Å². The first-order valence-corrected chi connectivity index (χ1v) is 8.13. The van der Waals surface area contributed by atoms with Crippen LogP contribution in [-0.4, -0.2) is 61.0 Å². The zero-order valence-electron chi connectivity index (χ0n) is 12.9. The van der Waals surface area contributed by atoms with E-state index in [1.807, 2.05) is 6.07 Å². The topological polar surface area (TPSA) is 41.5 Å². The molecule has 5 nitrogen and oxygen atoms in total. The lowest BCUT2D eigenvalue weighted by Crippen LogP contribution is -2.41. The highest BCUT2D eigenvalue weighted by Crippen LogP contribution is 2.24. The SMILES string of the molecule is CN(CC1CCOCC1)CC1CCCN1c1cccnn1. The molecule has 2 aliphatic rings. The number of aromatic nitrogens is 2. The highest BCUT2D eigenvalue weighted by molar-refractivity contribution is 5.39. The van der Waals surface area contributed by atoms with Crippen LogP contribution in [-0.2, 0) is 4.74 Å². The fraction of sp³-hybridized carbons (Fsp3) is 0.750. The van der Waals surface area contributed by atoms with Crippen molar-refractivity contribution in [3.05, 3.63) is 18.3 Å². The van der Waals surface area contributed by atoms with Gasteiger partial charge in [0.2, 0.25) is 0 Å². The molecule has 0 N–H and O–H groups in total. The van der Waals surface area contributed by atoms with Crippen molar-refractivity contribution in [2.75, 3.05) is 44.8 Å². The zero-order chi connectivity index (χ0) is 14.5. The molecule has 1 aromatic heterocycles. The Labute approximate surface area is 127 Å². The zero-order valence-corrected chi connectivity index (χ0v) is 12.9. The number of anilines is 1. The number of hydrogen-bond acceptors (Lipinski definition) is 5. The van der Waals surface area contributed by atoms with E-state index in [0.717, 1.165) is 38.0 Å². The maximum atomic E-state index is 5.45. The average molecular weight is 290 g/mol. The van der Waals surface area contributed by atoms with Crippen LogP contribution in [0.25, 0.3) is 0 Å². The Bertz CT molecular complexity index is 422. The quantitative estimate of drug-likeness (QED) is 0.827. The molecule has 1 atom stereocenters. The highest BCUT2D eigenvalue weighted by atomic mass is 16.5. The van der Waals surface area contributed by atoms with Gasteiger partial charge in [0.05, 0.1) is 0 Å². The summed E-state index contributed by atoms with van der Waals surface area (Å²) in [5.41, 5.74) is 0. The molecule has 0 aliphatic carbocycles. The van der Waals surface area contributed by atoms with Gasteiger partial charge in [-0.05, 0) is 50.8 Å². The van der Waals surface area contributed by atoms with E-state index in [1.54, 1.807) is 6.20 Å². The third-order valence-corrected chi connectivity index (χ3v) is 4.66. The second-order valence-corrected chi connectivity index (χ2v) is 6.35. The highest BCUT2D eigenvalue weighted by Gasteiger charge is 2.27. The van der Waals surface area contributed by atoms with Gasteiger partial charge in [-0.2, -0.15) is 5.10 Å². The first kappa shape index (κ1) is 14.7. The molecule has 2 fully saturated rings. The summed E-state index contributed by atoms with van der Waals surface area (Å²) in [7, 11) is 2.25. The minimum Gasteiger partial charge on any atom is -0.381 e. The lowest BCUT2D eigenvalue weighted by Gasteiger charge is -2.32. The first-order valence-electron chi connectivity index (χ1n) is 8.13. The molecule has 0 aromatic carbocycles. The summed E-state index contributed by atoms with van der Waals surface area (Å²) in [5, 5.41) is 8.29. The van der Waals surface area contributed by atoms with Gasteiger partial charge in [-0.1, -0.05) is 0 Å². The molecule has 0 amide bonds. The minimum absolute atomic E-state index is 0.576. The molecule has 1 aromatic rings. The molecule has 3 rings (SSSR count). The molecule has 0 radical (unpaired) electrons. The van der Waals surface area contributed by atoms with Gasteiger partial charge in [-0.15, -0.1) is 5.10 Å². The van der Waals surface area contributed by atoms with Crippen LogP contribution in [0.5, 0.6) is 0 Å². The van der Waals surface area contributed by atoms with Gasteiger partial charge in [-0.3, -0.25) is 0 Å². The van der Waals surface area contributed by atoms with Crippen molar-refractivity contribution in [3.8, 4) is 0 Å². The smallest absolute Gasteiger partial charge is 0.151 e. The van der Waals surface area contributed by atoms with Crippen molar-refractivity contribution < 1.29 is 4.74 Å². The fourth-order valence-corrected chi connectivity index (χ4v) is 3.58. The summed E-state index contributed by atoms with van der Waals surface area (Å²) in [6.45, 7) is 5.29. The predicted octanol–water partition coefficient (Wildman–Crippen LogP) is 1.80. The number of nitrogens with zero attached hydrogens (tertiary/aromatic N) is 4. The lowest BCUT2D eigenvalue weighted by atomic mass is 9.99. The molecule has 116 valence electrons. The Morgan fingerprint density at radius 3 is 2.90 bits per heavy atom. The largest absolute Gasteiger partial charge is 0.381 e. The van der Waals surface area contributed by atoms with Crippen LogP contribution in [0.15, 0.2) is 18.3 Å². The van der Waals surface area contributed by atoms with E-state index < -0.39 is 0 Å². The van der Waals surface area contributed by atoms with Gasteiger partial charge in [0.1, 0.15) is 0 Å². The molecule has 2 aliphatic heterocycles. The number of ether oxygens (including phenoxy) is 1. The van der Waals surface area contributed by atoms with Crippen molar-refractivity contribution in [3.63, 3.8) is 0 Å². The van der Waals surface area contributed by atoms with Crippen molar-refractivity contribution in [1.29, 1.82) is 0 Å². The summed E-state index contributed by atoms with van der Waals surface area (Å²) >= 11 is 0. The Morgan fingerprint density at radius 2 is 2.14 bits per heavy atom. The predicted molar refractivity (Wildman–Crippen MR) is 83.4 cm³/mol. The van der Waals surface area contributed by atoms with Crippen LogP contribution in [0.2, 0.25) is 0 Å². The molecule has 0 saturated carbocycles. The normalized spacial score (nSPS) is 23.9. The molecule has 5 heteroatoms. The summed E-state index contributed by atoms with van der Waals surface area (Å²) in [6, 6.07) is 4.62. The summed E-state index contributed by atoms with van der Waals surface area (Å²) in [4.78, 5) is 4.92. The molecule has 1 unspecified atom stereocenters. The van der Waals surface area contributed by atoms with E-state index in [-0.39, 0.29) is 0 Å². The molecule has 21 heavy (non-hydrogen) atoms. The molecule has 2 saturated heterocycles. The molecule has 0 bridgehead atoms. The lowest BCUT2D eigenvalue weighted by molar-refractivity contribution is 0.0552. The number of likely N-dealkylation sites (N-methyl/N-ethyl adjacent to an activating group) is 1. The summed E-state index contributed by atoms with van der Waals surface area (Å²) < 4.78 is 5.45. The van der Waals surface area contributed by atoms with E-state index in [4.69, 9.17) is 4.74 Å². The Balaban J connectivity index is 1.53. The van der Waals surface area contributed by atoms with Gasteiger partial charge >= 0.3 is 0 Å². The van der Waals surface area contributed by atoms with E-state index >= 15 is 0 Å². The van der Waals surface area contributed by atoms with E-state index in [2.05, 4.69) is 33.1 Å². The van der Waals surface area contributed by atoms with Crippen LogP contribution >= 0.6 is 0 Å². The van der Waals surface area contributed by atoms with Crippen LogP contribution in [0.3, 0.4) is 0 Å². The number of hydrogen-bond donors (Lipinski definition) is 0. The van der Waals surface area contributed by atoms with Gasteiger partial charge in [-0.25, -0.2) is 0 Å². The monoisotopic (exact) mass is 290 g/mol. The van der Waals surface area contributed by atoms with Gasteiger partial charge in [0.25, 0.3) is 0 Å². The van der Waals surface area contributed by atoms with Crippen molar-refractivity contribution in [1.82, 2.24) is 15.1 Å². The Kier molecular flexibility index (Phi) is 5.04. The molecule has 3 heterocycles. The average Bonchev–Trinajstić information content (AvgIpc) is 2.97. The van der Waals surface area contributed by atoms with Crippen molar-refractivity contribution in [2.45, 2.75) is 31.7 Å². The number of rotatable bonds is 5. The maximum Gasteiger partial charge on any atom is 0.151 e. The third kappa shape index (κ3) is 3.92.